The zero-order valence-corrected chi connectivity index (χ0v) is 19.5. The van der Waals surface area contributed by atoms with E-state index in [1.807, 2.05) is 24.3 Å². The van der Waals surface area contributed by atoms with Crippen LogP contribution in [0.3, 0.4) is 0 Å². The van der Waals surface area contributed by atoms with Gasteiger partial charge in [0.15, 0.2) is 0 Å². The smallest absolute Gasteiger partial charge is 0.0992 e. The summed E-state index contributed by atoms with van der Waals surface area (Å²) in [6, 6.07) is 45.8. The van der Waals surface area contributed by atoms with Crippen LogP contribution in [0.15, 0.2) is 121 Å². The first kappa shape index (κ1) is 21.4. The minimum absolute atomic E-state index is 0.142. The van der Waals surface area contributed by atoms with E-state index in [1.54, 1.807) is 6.07 Å². The summed E-state index contributed by atoms with van der Waals surface area (Å²) in [4.78, 5) is 2.31. The van der Waals surface area contributed by atoms with Crippen LogP contribution in [0, 0.1) is 22.7 Å². The maximum Gasteiger partial charge on any atom is 0.0992 e. The summed E-state index contributed by atoms with van der Waals surface area (Å²) in [7, 11) is 0. The molecule has 168 valence electrons. The Balaban J connectivity index is 1.54. The number of benzene rings is 5. The number of anilines is 3. The number of nitriles is 2. The molecule has 0 amide bonds. The van der Waals surface area contributed by atoms with Gasteiger partial charge in [-0.05, 0) is 70.3 Å². The lowest BCUT2D eigenvalue weighted by molar-refractivity contribution is 0.939. The predicted molar refractivity (Wildman–Crippen MR) is 143 cm³/mol. The Morgan fingerprint density at radius 2 is 1.11 bits per heavy atom. The van der Waals surface area contributed by atoms with Crippen LogP contribution < -0.4 is 4.90 Å². The number of fused-ring (bicyclic) bond motifs is 2. The first-order valence-corrected chi connectivity index (χ1v) is 11.9. The highest BCUT2D eigenvalue weighted by Crippen LogP contribution is 2.51. The predicted octanol–water partition coefficient (Wildman–Crippen LogP) is 8.06. The lowest BCUT2D eigenvalue weighted by Gasteiger charge is -2.38. The van der Waals surface area contributed by atoms with Gasteiger partial charge in [-0.3, -0.25) is 0 Å². The lowest BCUT2D eigenvalue weighted by atomic mass is 9.80. The average molecular weight is 460 g/mol. The number of rotatable bonds is 3. The molecule has 0 atom stereocenters. The molecule has 0 fully saturated rings. The summed E-state index contributed by atoms with van der Waals surface area (Å²) in [6.07, 6.45) is 0. The van der Waals surface area contributed by atoms with Crippen molar-refractivity contribution in [1.82, 2.24) is 0 Å². The van der Waals surface area contributed by atoms with E-state index in [4.69, 9.17) is 0 Å². The van der Waals surface area contributed by atoms with E-state index >= 15 is 0 Å². The van der Waals surface area contributed by atoms with Crippen molar-refractivity contribution in [2.24, 2.45) is 0 Å². The monoisotopic (exact) mass is 459 g/mol. The van der Waals surface area contributed by atoms with Crippen molar-refractivity contribution in [1.29, 1.82) is 10.5 Å². The van der Waals surface area contributed by atoms with Crippen molar-refractivity contribution in [2.75, 3.05) is 4.90 Å². The van der Waals surface area contributed by atoms with Crippen molar-refractivity contribution in [3.63, 3.8) is 0 Å². The van der Waals surface area contributed by atoms with Gasteiger partial charge in [0.2, 0.25) is 0 Å². The molecule has 0 aromatic heterocycles. The standard InChI is InChI=1S/C33H21N3/c34-21-23-17-24(22-35)19-27(18-23)26-11-8-12-28(20-26)36-31-15-6-4-13-29(31)33(25-9-2-1-3-10-25)30-14-5-7-16-32(30)36/h1-20,33H. The highest BCUT2D eigenvalue weighted by atomic mass is 15.2. The van der Waals surface area contributed by atoms with Gasteiger partial charge >= 0.3 is 0 Å². The fourth-order valence-electron chi connectivity index (χ4n) is 5.20. The summed E-state index contributed by atoms with van der Waals surface area (Å²) in [5.74, 6) is 0.142. The van der Waals surface area contributed by atoms with Crippen LogP contribution in [-0.4, -0.2) is 0 Å². The number of nitrogens with zero attached hydrogens (tertiary/aromatic N) is 3. The van der Waals surface area contributed by atoms with Gasteiger partial charge in [-0.25, -0.2) is 0 Å². The third kappa shape index (κ3) is 3.61. The molecule has 1 aliphatic heterocycles. The normalized spacial score (nSPS) is 12.2. The molecule has 0 saturated carbocycles. The number of para-hydroxylation sites is 2. The Morgan fingerprint density at radius 3 is 1.72 bits per heavy atom. The molecular formula is C33H21N3. The maximum atomic E-state index is 9.46. The van der Waals surface area contributed by atoms with Gasteiger partial charge in [-0.1, -0.05) is 78.9 Å². The van der Waals surface area contributed by atoms with E-state index in [0.717, 1.165) is 28.2 Å². The van der Waals surface area contributed by atoms with E-state index in [-0.39, 0.29) is 5.92 Å². The maximum absolute atomic E-state index is 9.46. The highest BCUT2D eigenvalue weighted by Gasteiger charge is 2.31. The third-order valence-corrected chi connectivity index (χ3v) is 6.74. The summed E-state index contributed by atoms with van der Waals surface area (Å²) in [5, 5.41) is 18.9. The van der Waals surface area contributed by atoms with E-state index in [1.165, 1.54) is 16.7 Å². The first-order chi connectivity index (χ1) is 17.8. The van der Waals surface area contributed by atoms with E-state index in [0.29, 0.717) is 11.1 Å². The third-order valence-electron chi connectivity index (χ3n) is 6.74. The summed E-state index contributed by atoms with van der Waals surface area (Å²) in [5.41, 5.74) is 9.87. The second-order valence-electron chi connectivity index (χ2n) is 8.87. The molecule has 3 nitrogen and oxygen atoms in total. The molecule has 36 heavy (non-hydrogen) atoms. The number of hydrogen-bond donors (Lipinski definition) is 0. The van der Waals surface area contributed by atoms with Crippen LogP contribution in [-0.2, 0) is 0 Å². The number of hydrogen-bond acceptors (Lipinski definition) is 3. The summed E-state index contributed by atoms with van der Waals surface area (Å²) < 4.78 is 0. The molecule has 0 N–H and O–H groups in total. The fourth-order valence-corrected chi connectivity index (χ4v) is 5.20. The lowest BCUT2D eigenvalue weighted by Crippen LogP contribution is -2.22. The van der Waals surface area contributed by atoms with Crippen molar-refractivity contribution < 1.29 is 0 Å². The van der Waals surface area contributed by atoms with Gasteiger partial charge < -0.3 is 4.90 Å². The molecule has 0 saturated heterocycles. The average Bonchev–Trinajstić information content (AvgIpc) is 2.96. The van der Waals surface area contributed by atoms with Crippen molar-refractivity contribution in [3.8, 4) is 23.3 Å². The van der Waals surface area contributed by atoms with E-state index < -0.39 is 0 Å². The summed E-state index contributed by atoms with van der Waals surface area (Å²) >= 11 is 0. The minimum atomic E-state index is 0.142. The summed E-state index contributed by atoms with van der Waals surface area (Å²) in [6.45, 7) is 0. The van der Waals surface area contributed by atoms with Crippen molar-refractivity contribution >= 4 is 17.1 Å². The van der Waals surface area contributed by atoms with Gasteiger partial charge in [0.05, 0.1) is 34.6 Å². The van der Waals surface area contributed by atoms with Crippen LogP contribution in [0.1, 0.15) is 33.7 Å². The Hall–Kier alpha value is -5.12. The van der Waals surface area contributed by atoms with Crippen LogP contribution in [0.2, 0.25) is 0 Å². The molecule has 1 heterocycles. The molecule has 3 heteroatoms. The molecule has 1 aliphatic rings. The zero-order valence-electron chi connectivity index (χ0n) is 19.5. The Morgan fingerprint density at radius 1 is 0.528 bits per heavy atom. The van der Waals surface area contributed by atoms with Crippen molar-refractivity contribution in [2.45, 2.75) is 5.92 Å². The second-order valence-corrected chi connectivity index (χ2v) is 8.87. The van der Waals surface area contributed by atoms with Crippen LogP contribution in [0.4, 0.5) is 17.1 Å². The van der Waals surface area contributed by atoms with E-state index in [2.05, 4.69) is 108 Å². The molecule has 0 spiro atoms. The molecule has 6 rings (SSSR count). The highest BCUT2D eigenvalue weighted by molar-refractivity contribution is 5.87. The Bertz CT molecular complexity index is 1590. The largest absolute Gasteiger partial charge is 0.310 e. The van der Waals surface area contributed by atoms with Gasteiger partial charge in [-0.15, -0.1) is 0 Å². The Labute approximate surface area is 210 Å². The van der Waals surface area contributed by atoms with Crippen LogP contribution >= 0.6 is 0 Å². The molecule has 5 aromatic rings. The van der Waals surface area contributed by atoms with Gasteiger partial charge in [0.25, 0.3) is 0 Å². The SMILES string of the molecule is N#Cc1cc(C#N)cc(-c2cccc(N3c4ccccc4C(c4ccccc4)c4ccccc43)c2)c1. The van der Waals surface area contributed by atoms with Gasteiger partial charge in [0, 0.05) is 11.6 Å². The van der Waals surface area contributed by atoms with Crippen LogP contribution in [0.5, 0.6) is 0 Å². The molecule has 0 unspecified atom stereocenters. The first-order valence-electron chi connectivity index (χ1n) is 11.9. The zero-order chi connectivity index (χ0) is 24.5. The fraction of sp³-hybridized carbons (Fsp3) is 0.0303. The quantitative estimate of drug-likeness (QED) is 0.269. The molecule has 0 radical (unpaired) electrons. The minimum Gasteiger partial charge on any atom is -0.310 e. The van der Waals surface area contributed by atoms with E-state index in [9.17, 15) is 10.5 Å². The Kier molecular flexibility index (Phi) is 5.30. The van der Waals surface area contributed by atoms with Gasteiger partial charge in [-0.2, -0.15) is 10.5 Å². The molecule has 0 bridgehead atoms. The molecule has 0 aliphatic carbocycles. The van der Waals surface area contributed by atoms with Crippen LogP contribution in [0.25, 0.3) is 11.1 Å². The van der Waals surface area contributed by atoms with Gasteiger partial charge in [0.1, 0.15) is 0 Å². The van der Waals surface area contributed by atoms with Crippen molar-refractivity contribution in [3.05, 3.63) is 149 Å². The topological polar surface area (TPSA) is 50.8 Å². The second kappa shape index (κ2) is 8.91. The molecular weight excluding hydrogens is 438 g/mol. The molecule has 5 aromatic carbocycles.